The van der Waals surface area contributed by atoms with E-state index in [1.54, 1.807) is 36.7 Å². The second-order valence-electron chi connectivity index (χ2n) is 4.36. The van der Waals surface area contributed by atoms with Crippen LogP contribution in [-0.4, -0.2) is 31.5 Å². The van der Waals surface area contributed by atoms with Crippen molar-refractivity contribution in [3.63, 3.8) is 0 Å². The Morgan fingerprint density at radius 1 is 1.19 bits per heavy atom. The number of carbonyl (C=O) groups is 1. The monoisotopic (exact) mass is 280 g/mol. The molecular weight excluding hydrogens is 268 g/mol. The molecule has 0 aliphatic rings. The van der Waals surface area contributed by atoms with Crippen molar-refractivity contribution >= 4 is 5.91 Å². The van der Waals surface area contributed by atoms with Crippen molar-refractivity contribution in [3.05, 3.63) is 59.9 Å². The molecule has 0 saturated carbocycles. The first kappa shape index (κ1) is 12.9. The highest BCUT2D eigenvalue weighted by Crippen LogP contribution is 2.13. The number of benzene rings is 1. The fourth-order valence-electron chi connectivity index (χ4n) is 1.84. The Labute approximate surface area is 120 Å². The number of amides is 1. The van der Waals surface area contributed by atoms with Crippen LogP contribution in [0.3, 0.4) is 0 Å². The number of rotatable bonds is 4. The van der Waals surface area contributed by atoms with Gasteiger partial charge in [-0.2, -0.15) is 5.21 Å². The van der Waals surface area contributed by atoms with Gasteiger partial charge in [0.15, 0.2) is 0 Å². The van der Waals surface area contributed by atoms with Crippen LogP contribution in [0.1, 0.15) is 15.9 Å². The van der Waals surface area contributed by atoms with Crippen LogP contribution < -0.4 is 5.32 Å². The van der Waals surface area contributed by atoms with E-state index in [4.69, 9.17) is 0 Å². The third-order valence-electron chi connectivity index (χ3n) is 2.93. The standard InChI is InChI=1S/C14H12N6O/c21-14(16-9-10-2-1-7-15-8-10)12-5-3-11(4-6-12)13-17-19-20-18-13/h1-8H,9H2,(H,16,21)(H,17,18,19,20). The molecule has 1 aromatic carbocycles. The van der Waals surface area contributed by atoms with Gasteiger partial charge in [0.25, 0.3) is 5.91 Å². The number of hydrogen-bond acceptors (Lipinski definition) is 5. The molecule has 0 aliphatic carbocycles. The largest absolute Gasteiger partial charge is 0.348 e. The van der Waals surface area contributed by atoms with Gasteiger partial charge in [0, 0.05) is 30.1 Å². The third kappa shape index (κ3) is 3.08. The molecule has 0 spiro atoms. The van der Waals surface area contributed by atoms with Crippen LogP contribution >= 0.6 is 0 Å². The molecule has 0 unspecified atom stereocenters. The van der Waals surface area contributed by atoms with E-state index in [2.05, 4.69) is 30.9 Å². The van der Waals surface area contributed by atoms with Crippen molar-refractivity contribution < 1.29 is 4.79 Å². The summed E-state index contributed by atoms with van der Waals surface area (Å²) in [5.41, 5.74) is 2.33. The lowest BCUT2D eigenvalue weighted by Gasteiger charge is -2.05. The lowest BCUT2D eigenvalue weighted by Crippen LogP contribution is -2.22. The van der Waals surface area contributed by atoms with Gasteiger partial charge in [-0.25, -0.2) is 0 Å². The molecular formula is C14H12N6O. The molecule has 7 nitrogen and oxygen atoms in total. The molecule has 0 fully saturated rings. The highest BCUT2D eigenvalue weighted by atomic mass is 16.1. The Bertz CT molecular complexity index is 709. The number of pyridine rings is 1. The molecule has 2 aromatic heterocycles. The first-order valence-electron chi connectivity index (χ1n) is 6.34. The van der Waals surface area contributed by atoms with Crippen LogP contribution in [0.15, 0.2) is 48.8 Å². The average molecular weight is 280 g/mol. The van der Waals surface area contributed by atoms with Crippen molar-refractivity contribution in [3.8, 4) is 11.4 Å². The Morgan fingerprint density at radius 3 is 2.71 bits per heavy atom. The Morgan fingerprint density at radius 2 is 2.05 bits per heavy atom. The summed E-state index contributed by atoms with van der Waals surface area (Å²) < 4.78 is 0. The maximum Gasteiger partial charge on any atom is 0.251 e. The van der Waals surface area contributed by atoms with Crippen molar-refractivity contribution in [1.29, 1.82) is 0 Å². The van der Waals surface area contributed by atoms with Gasteiger partial charge in [0.2, 0.25) is 5.82 Å². The molecule has 104 valence electrons. The normalized spacial score (nSPS) is 10.3. The van der Waals surface area contributed by atoms with E-state index in [9.17, 15) is 4.79 Å². The Hall–Kier alpha value is -3.09. The molecule has 1 amide bonds. The van der Waals surface area contributed by atoms with Crippen LogP contribution in [0.4, 0.5) is 0 Å². The van der Waals surface area contributed by atoms with E-state index in [-0.39, 0.29) is 5.91 Å². The van der Waals surface area contributed by atoms with Crippen molar-refractivity contribution in [1.82, 2.24) is 30.9 Å². The second kappa shape index (κ2) is 5.91. The van der Waals surface area contributed by atoms with Crippen LogP contribution in [0.5, 0.6) is 0 Å². The highest BCUT2D eigenvalue weighted by Gasteiger charge is 2.07. The number of nitrogens with zero attached hydrogens (tertiary/aromatic N) is 4. The van der Waals surface area contributed by atoms with Crippen molar-refractivity contribution in [2.75, 3.05) is 0 Å². The topological polar surface area (TPSA) is 96.5 Å². The number of aromatic nitrogens is 5. The summed E-state index contributed by atoms with van der Waals surface area (Å²) >= 11 is 0. The minimum absolute atomic E-state index is 0.140. The van der Waals surface area contributed by atoms with Crippen LogP contribution in [0.2, 0.25) is 0 Å². The number of aromatic amines is 1. The van der Waals surface area contributed by atoms with Crippen molar-refractivity contribution in [2.45, 2.75) is 6.54 Å². The highest BCUT2D eigenvalue weighted by molar-refractivity contribution is 5.94. The lowest BCUT2D eigenvalue weighted by atomic mass is 10.1. The molecule has 0 saturated heterocycles. The fourth-order valence-corrected chi connectivity index (χ4v) is 1.84. The SMILES string of the molecule is O=C(NCc1cccnc1)c1ccc(-c2nn[nH]n2)cc1. The van der Waals surface area contributed by atoms with E-state index in [1.807, 2.05) is 12.1 Å². The minimum Gasteiger partial charge on any atom is -0.348 e. The zero-order valence-electron chi connectivity index (χ0n) is 11.0. The zero-order chi connectivity index (χ0) is 14.5. The molecule has 3 aromatic rings. The smallest absolute Gasteiger partial charge is 0.251 e. The fraction of sp³-hybridized carbons (Fsp3) is 0.0714. The second-order valence-corrected chi connectivity index (χ2v) is 4.36. The summed E-state index contributed by atoms with van der Waals surface area (Å²) in [6, 6.07) is 10.8. The lowest BCUT2D eigenvalue weighted by molar-refractivity contribution is 0.0951. The van der Waals surface area contributed by atoms with Gasteiger partial charge in [0.1, 0.15) is 0 Å². The van der Waals surface area contributed by atoms with E-state index >= 15 is 0 Å². The van der Waals surface area contributed by atoms with Gasteiger partial charge in [-0.1, -0.05) is 18.2 Å². The van der Waals surface area contributed by atoms with Crippen LogP contribution in [0.25, 0.3) is 11.4 Å². The molecule has 0 bridgehead atoms. The summed E-state index contributed by atoms with van der Waals surface area (Å²) in [4.78, 5) is 16.0. The molecule has 0 atom stereocenters. The first-order valence-corrected chi connectivity index (χ1v) is 6.34. The maximum absolute atomic E-state index is 12.0. The molecule has 2 N–H and O–H groups in total. The molecule has 2 heterocycles. The van der Waals surface area contributed by atoms with Gasteiger partial charge in [-0.05, 0) is 29.0 Å². The van der Waals surface area contributed by atoms with Gasteiger partial charge in [0.05, 0.1) is 0 Å². The number of hydrogen-bond donors (Lipinski definition) is 2. The van der Waals surface area contributed by atoms with E-state index in [0.717, 1.165) is 11.1 Å². The van der Waals surface area contributed by atoms with Gasteiger partial charge < -0.3 is 5.32 Å². The molecule has 0 radical (unpaired) electrons. The summed E-state index contributed by atoms with van der Waals surface area (Å²) in [5.74, 6) is 0.357. The molecule has 3 rings (SSSR count). The Kier molecular flexibility index (Phi) is 3.64. The van der Waals surface area contributed by atoms with E-state index < -0.39 is 0 Å². The van der Waals surface area contributed by atoms with E-state index in [0.29, 0.717) is 17.9 Å². The first-order chi connectivity index (χ1) is 10.3. The summed E-state index contributed by atoms with van der Waals surface area (Å²) in [6.07, 6.45) is 3.42. The number of nitrogens with one attached hydrogen (secondary N) is 2. The quantitative estimate of drug-likeness (QED) is 0.748. The number of carbonyl (C=O) groups excluding carboxylic acids is 1. The van der Waals surface area contributed by atoms with Crippen molar-refractivity contribution in [2.24, 2.45) is 0 Å². The zero-order valence-corrected chi connectivity index (χ0v) is 11.0. The van der Waals surface area contributed by atoms with E-state index in [1.165, 1.54) is 0 Å². The number of tetrazole rings is 1. The maximum atomic E-state index is 12.0. The predicted octanol–water partition coefficient (Wildman–Crippen LogP) is 1.19. The predicted molar refractivity (Wildman–Crippen MR) is 75.0 cm³/mol. The summed E-state index contributed by atoms with van der Waals surface area (Å²) in [7, 11) is 0. The number of H-pyrrole nitrogens is 1. The van der Waals surface area contributed by atoms with Crippen LogP contribution in [0, 0.1) is 0 Å². The van der Waals surface area contributed by atoms with Crippen LogP contribution in [-0.2, 0) is 6.54 Å². The average Bonchev–Trinajstić information content (AvgIpc) is 3.08. The van der Waals surface area contributed by atoms with Gasteiger partial charge >= 0.3 is 0 Å². The third-order valence-corrected chi connectivity index (χ3v) is 2.93. The molecule has 7 heteroatoms. The molecule has 21 heavy (non-hydrogen) atoms. The molecule has 0 aliphatic heterocycles. The minimum atomic E-state index is -0.140. The summed E-state index contributed by atoms with van der Waals surface area (Å²) in [6.45, 7) is 0.444. The Balaban J connectivity index is 1.65. The van der Waals surface area contributed by atoms with Gasteiger partial charge in [-0.3, -0.25) is 9.78 Å². The summed E-state index contributed by atoms with van der Waals surface area (Å²) in [5, 5.41) is 16.5. The van der Waals surface area contributed by atoms with Gasteiger partial charge in [-0.15, -0.1) is 10.2 Å².